The number of aromatic nitrogens is 1. The number of nitro groups is 1. The predicted octanol–water partition coefficient (Wildman–Crippen LogP) is 2.29. The Morgan fingerprint density at radius 1 is 1.45 bits per heavy atom. The molecule has 1 heterocycles. The van der Waals surface area contributed by atoms with Gasteiger partial charge in [-0.15, -0.1) is 0 Å². The van der Waals surface area contributed by atoms with Crippen molar-refractivity contribution < 1.29 is 14.8 Å². The summed E-state index contributed by atoms with van der Waals surface area (Å²) in [6, 6.07) is 2.76. The Hall–Kier alpha value is -2.18. The summed E-state index contributed by atoms with van der Waals surface area (Å²) in [5.41, 5.74) is 0.0112. The number of anilines is 1. The normalized spacial score (nSPS) is 22.2. The highest BCUT2D eigenvalue weighted by Crippen LogP contribution is 2.29. The predicted molar refractivity (Wildman–Crippen MR) is 72.5 cm³/mol. The zero-order valence-corrected chi connectivity index (χ0v) is 11.0. The van der Waals surface area contributed by atoms with Crippen LogP contribution < -0.4 is 5.32 Å². The summed E-state index contributed by atoms with van der Waals surface area (Å²) >= 11 is 0. The molecule has 2 N–H and O–H groups in total. The van der Waals surface area contributed by atoms with Gasteiger partial charge in [0.05, 0.1) is 16.9 Å². The minimum atomic E-state index is -0.711. The van der Waals surface area contributed by atoms with E-state index >= 15 is 0 Å². The van der Waals surface area contributed by atoms with Gasteiger partial charge in [-0.25, -0.2) is 4.98 Å². The molecule has 0 bridgehead atoms. The number of rotatable bonds is 5. The van der Waals surface area contributed by atoms with Gasteiger partial charge in [0, 0.05) is 18.8 Å². The van der Waals surface area contributed by atoms with Crippen LogP contribution >= 0.6 is 0 Å². The highest BCUT2D eigenvalue weighted by atomic mass is 16.6. The Morgan fingerprint density at radius 3 is 2.75 bits per heavy atom. The van der Waals surface area contributed by atoms with E-state index in [1.54, 1.807) is 0 Å². The molecule has 0 amide bonds. The van der Waals surface area contributed by atoms with Gasteiger partial charge in [-0.05, 0) is 31.6 Å². The first-order valence-electron chi connectivity index (χ1n) is 6.63. The Labute approximate surface area is 116 Å². The van der Waals surface area contributed by atoms with Gasteiger partial charge in [-0.3, -0.25) is 14.9 Å². The lowest BCUT2D eigenvalue weighted by molar-refractivity contribution is -0.384. The molecule has 0 aliphatic heterocycles. The average Bonchev–Trinajstić information content (AvgIpc) is 2.46. The van der Waals surface area contributed by atoms with Gasteiger partial charge in [0.15, 0.2) is 0 Å². The van der Waals surface area contributed by atoms with E-state index < -0.39 is 10.9 Å². The van der Waals surface area contributed by atoms with Gasteiger partial charge in [0.2, 0.25) is 0 Å². The molecule has 7 nitrogen and oxygen atoms in total. The molecule has 0 unspecified atom stereocenters. The third-order valence-corrected chi connectivity index (χ3v) is 3.72. The van der Waals surface area contributed by atoms with Crippen molar-refractivity contribution >= 4 is 17.5 Å². The van der Waals surface area contributed by atoms with E-state index in [0.29, 0.717) is 31.1 Å². The van der Waals surface area contributed by atoms with Crippen molar-refractivity contribution in [2.45, 2.75) is 25.7 Å². The summed E-state index contributed by atoms with van der Waals surface area (Å²) in [6.07, 6.45) is 4.52. The Bertz CT molecular complexity index is 498. The zero-order chi connectivity index (χ0) is 14.5. The van der Waals surface area contributed by atoms with Gasteiger partial charge >= 0.3 is 5.97 Å². The van der Waals surface area contributed by atoms with Crippen LogP contribution in [0.3, 0.4) is 0 Å². The van der Waals surface area contributed by atoms with Crippen LogP contribution in [0, 0.1) is 22.0 Å². The fraction of sp³-hybridized carbons (Fsp3) is 0.538. The molecule has 1 fully saturated rings. The molecule has 0 saturated heterocycles. The van der Waals surface area contributed by atoms with Gasteiger partial charge in [0.25, 0.3) is 5.69 Å². The van der Waals surface area contributed by atoms with Crippen molar-refractivity contribution in [2.75, 3.05) is 11.9 Å². The number of carboxylic acid groups (broad SMARTS) is 1. The average molecular weight is 279 g/mol. The minimum Gasteiger partial charge on any atom is -0.481 e. The van der Waals surface area contributed by atoms with Crippen LogP contribution in [0.5, 0.6) is 0 Å². The van der Waals surface area contributed by atoms with Gasteiger partial charge < -0.3 is 10.4 Å². The van der Waals surface area contributed by atoms with Crippen molar-refractivity contribution in [1.29, 1.82) is 0 Å². The van der Waals surface area contributed by atoms with Gasteiger partial charge in [0.1, 0.15) is 5.82 Å². The molecular formula is C13H17N3O4. The second-order valence-corrected chi connectivity index (χ2v) is 5.09. The summed E-state index contributed by atoms with van der Waals surface area (Å²) in [7, 11) is 0. The number of hydrogen-bond donors (Lipinski definition) is 2. The maximum absolute atomic E-state index is 10.9. The summed E-state index contributed by atoms with van der Waals surface area (Å²) in [5, 5.41) is 22.7. The van der Waals surface area contributed by atoms with Crippen LogP contribution in [0.15, 0.2) is 18.3 Å². The Kier molecular flexibility index (Phi) is 4.49. The van der Waals surface area contributed by atoms with Crippen molar-refractivity contribution in [3.63, 3.8) is 0 Å². The summed E-state index contributed by atoms with van der Waals surface area (Å²) in [5.74, 6) is -0.0508. The van der Waals surface area contributed by atoms with Crippen LogP contribution in [0.4, 0.5) is 11.5 Å². The first kappa shape index (κ1) is 14.2. The molecule has 7 heteroatoms. The molecule has 1 aromatic rings. The van der Waals surface area contributed by atoms with Crippen LogP contribution in [0.1, 0.15) is 25.7 Å². The van der Waals surface area contributed by atoms with Gasteiger partial charge in [-0.1, -0.05) is 0 Å². The molecule has 0 spiro atoms. The molecule has 1 aliphatic carbocycles. The number of nitrogens with one attached hydrogen (secondary N) is 1. The van der Waals surface area contributed by atoms with Crippen LogP contribution in [0.2, 0.25) is 0 Å². The number of carbonyl (C=O) groups is 1. The second kappa shape index (κ2) is 6.31. The fourth-order valence-corrected chi connectivity index (χ4v) is 2.49. The fourth-order valence-electron chi connectivity index (χ4n) is 2.49. The number of carboxylic acids is 1. The molecule has 0 aromatic carbocycles. The monoisotopic (exact) mass is 279 g/mol. The van der Waals surface area contributed by atoms with Crippen molar-refractivity contribution in [2.24, 2.45) is 11.8 Å². The standard InChI is InChI=1S/C13H17N3O4/c17-13(18)10-3-1-9(2-4-10)8-15-12-7-11(16(19)20)5-6-14-12/h5-7,9-10H,1-4,8H2,(H,14,15)(H,17,18). The molecule has 20 heavy (non-hydrogen) atoms. The van der Waals surface area contributed by atoms with E-state index in [1.165, 1.54) is 18.3 Å². The van der Waals surface area contributed by atoms with Crippen LogP contribution in [-0.2, 0) is 4.79 Å². The smallest absolute Gasteiger partial charge is 0.306 e. The Morgan fingerprint density at radius 2 is 2.15 bits per heavy atom. The molecular weight excluding hydrogens is 262 g/mol. The topological polar surface area (TPSA) is 105 Å². The maximum Gasteiger partial charge on any atom is 0.306 e. The third-order valence-electron chi connectivity index (χ3n) is 3.72. The largest absolute Gasteiger partial charge is 0.481 e. The van der Waals surface area contributed by atoms with E-state index in [0.717, 1.165) is 12.8 Å². The molecule has 0 radical (unpaired) electrons. The Balaban J connectivity index is 1.83. The molecule has 2 rings (SSSR count). The van der Waals surface area contributed by atoms with Crippen molar-refractivity contribution in [3.8, 4) is 0 Å². The number of pyridine rings is 1. The van der Waals surface area contributed by atoms with Crippen molar-refractivity contribution in [3.05, 3.63) is 28.4 Å². The summed E-state index contributed by atoms with van der Waals surface area (Å²) in [6.45, 7) is 0.667. The lowest BCUT2D eigenvalue weighted by Crippen LogP contribution is -2.25. The first-order chi connectivity index (χ1) is 9.56. The van der Waals surface area contributed by atoms with Gasteiger partial charge in [-0.2, -0.15) is 0 Å². The first-order valence-corrected chi connectivity index (χ1v) is 6.63. The SMILES string of the molecule is O=C(O)C1CCC(CNc2cc([N+](=O)[O-])ccn2)CC1. The van der Waals surface area contributed by atoms with E-state index in [4.69, 9.17) is 5.11 Å². The van der Waals surface area contributed by atoms with E-state index in [9.17, 15) is 14.9 Å². The van der Waals surface area contributed by atoms with Crippen LogP contribution in [-0.4, -0.2) is 27.5 Å². The lowest BCUT2D eigenvalue weighted by Gasteiger charge is -2.26. The minimum absolute atomic E-state index is 0.0112. The molecule has 108 valence electrons. The second-order valence-electron chi connectivity index (χ2n) is 5.09. The van der Waals surface area contributed by atoms with E-state index in [2.05, 4.69) is 10.3 Å². The molecule has 1 saturated carbocycles. The quantitative estimate of drug-likeness (QED) is 0.632. The highest BCUT2D eigenvalue weighted by molar-refractivity contribution is 5.70. The number of nitrogens with zero attached hydrogens (tertiary/aromatic N) is 2. The molecule has 0 atom stereocenters. The van der Waals surface area contributed by atoms with Crippen LogP contribution in [0.25, 0.3) is 0 Å². The van der Waals surface area contributed by atoms with E-state index in [1.807, 2.05) is 0 Å². The van der Waals surface area contributed by atoms with E-state index in [-0.39, 0.29) is 11.6 Å². The number of hydrogen-bond acceptors (Lipinski definition) is 5. The summed E-state index contributed by atoms with van der Waals surface area (Å²) in [4.78, 5) is 25.1. The zero-order valence-electron chi connectivity index (χ0n) is 11.0. The summed E-state index contributed by atoms with van der Waals surface area (Å²) < 4.78 is 0. The molecule has 1 aromatic heterocycles. The van der Waals surface area contributed by atoms with Crippen molar-refractivity contribution in [1.82, 2.24) is 4.98 Å². The number of aliphatic carboxylic acids is 1. The molecule has 1 aliphatic rings. The maximum atomic E-state index is 10.9. The lowest BCUT2D eigenvalue weighted by atomic mass is 9.82. The highest BCUT2D eigenvalue weighted by Gasteiger charge is 2.25. The third kappa shape index (κ3) is 3.66.